The average Bonchev–Trinajstić information content (AvgIpc) is 3.30. The molecule has 15 atom stereocenters. The van der Waals surface area contributed by atoms with Gasteiger partial charge in [0.05, 0.1) is 30.3 Å². The van der Waals surface area contributed by atoms with Crippen LogP contribution in [0.15, 0.2) is 11.3 Å². The molecule has 9 unspecified atom stereocenters. The second kappa shape index (κ2) is 17.1. The average molecular weight is 670 g/mol. The quantitative estimate of drug-likeness (QED) is 0.327. The zero-order valence-electron chi connectivity index (χ0n) is 31.3. The second-order valence-electron chi connectivity index (χ2n) is 15.6. The van der Waals surface area contributed by atoms with Crippen molar-refractivity contribution < 1.29 is 43.8 Å². The number of fused-ring (bicyclic) bond motifs is 2. The number of cyclic esters (lactones) is 1. The van der Waals surface area contributed by atoms with Crippen molar-refractivity contribution in [2.75, 3.05) is 13.6 Å². The van der Waals surface area contributed by atoms with Crippen molar-refractivity contribution >= 4 is 5.97 Å². The van der Waals surface area contributed by atoms with Gasteiger partial charge in [-0.1, -0.05) is 41.5 Å². The van der Waals surface area contributed by atoms with Crippen molar-refractivity contribution in [1.82, 2.24) is 4.90 Å². The maximum atomic E-state index is 13.4. The van der Waals surface area contributed by atoms with E-state index in [9.17, 15) is 20.1 Å². The maximum Gasteiger partial charge on any atom is 0.311 e. The molecule has 0 aromatic heterocycles. The zero-order chi connectivity index (χ0) is 35.4. The summed E-state index contributed by atoms with van der Waals surface area (Å²) in [6.07, 6.45) is 1.42. The predicted molar refractivity (Wildman–Crippen MR) is 181 cm³/mol. The molecule has 0 spiro atoms. The Morgan fingerprint density at radius 2 is 1.55 bits per heavy atom. The van der Waals surface area contributed by atoms with Crippen LogP contribution in [0.1, 0.15) is 115 Å². The Hall–Kier alpha value is -1.27. The van der Waals surface area contributed by atoms with E-state index in [4.69, 9.17) is 23.7 Å². The molecule has 0 aromatic carbocycles. The molecule has 4 aliphatic heterocycles. The van der Waals surface area contributed by atoms with Crippen molar-refractivity contribution in [1.29, 1.82) is 0 Å². The fraction of sp³-hybridized carbons (Fsp3) is 0.919. The van der Waals surface area contributed by atoms with Gasteiger partial charge in [0.15, 0.2) is 12.6 Å². The minimum atomic E-state index is -1.04. The smallest absolute Gasteiger partial charge is 0.311 e. The number of nitrogens with zero attached hydrogens (tertiary/aromatic N) is 1. The molecule has 3 saturated heterocycles. The zero-order valence-corrected chi connectivity index (χ0v) is 31.3. The van der Waals surface area contributed by atoms with Gasteiger partial charge in [-0.25, -0.2) is 0 Å². The molecule has 4 heterocycles. The first-order valence-electron chi connectivity index (χ1n) is 18.2. The largest absolute Gasteiger partial charge is 0.491 e. The first-order chi connectivity index (χ1) is 21.9. The van der Waals surface area contributed by atoms with Crippen molar-refractivity contribution in [3.63, 3.8) is 0 Å². The van der Waals surface area contributed by atoms with Crippen molar-refractivity contribution in [3.8, 4) is 0 Å². The molecule has 47 heavy (non-hydrogen) atoms. The number of hydrogen-bond donors (Lipinski definition) is 3. The number of ether oxygens (including phenoxy) is 5. The lowest BCUT2D eigenvalue weighted by atomic mass is 9.82. The number of carbonyl (C=O) groups excluding carboxylic acids is 1. The fourth-order valence-corrected chi connectivity index (χ4v) is 8.30. The maximum absolute atomic E-state index is 13.4. The van der Waals surface area contributed by atoms with E-state index in [0.717, 1.165) is 44.4 Å². The van der Waals surface area contributed by atoms with Crippen LogP contribution < -0.4 is 0 Å². The number of esters is 1. The summed E-state index contributed by atoms with van der Waals surface area (Å²) in [7, 11) is 1.94. The van der Waals surface area contributed by atoms with Crippen molar-refractivity contribution in [2.45, 2.75) is 176 Å². The number of hydrogen-bond acceptors (Lipinski definition) is 10. The molecule has 10 heteroatoms. The summed E-state index contributed by atoms with van der Waals surface area (Å²) in [6, 6.07) is 0.00347. The van der Waals surface area contributed by atoms with Gasteiger partial charge in [0.25, 0.3) is 0 Å². The van der Waals surface area contributed by atoms with Crippen LogP contribution in [0, 0.1) is 29.6 Å². The number of carbonyl (C=O) groups is 1. The van der Waals surface area contributed by atoms with Crippen LogP contribution in [0.3, 0.4) is 0 Å². The molecule has 0 aromatic rings. The normalized spacial score (nSPS) is 45.1. The topological polar surface area (TPSA) is 127 Å². The Morgan fingerprint density at radius 3 is 2.15 bits per heavy atom. The summed E-state index contributed by atoms with van der Waals surface area (Å²) < 4.78 is 30.4. The third-order valence-corrected chi connectivity index (χ3v) is 11.0. The minimum absolute atomic E-state index is 0.00347. The number of aliphatic hydroxyl groups is 3. The molecule has 4 aliphatic rings. The van der Waals surface area contributed by atoms with Gasteiger partial charge in [-0.05, 0) is 91.3 Å². The Bertz CT molecular complexity index is 1030. The van der Waals surface area contributed by atoms with Crippen LogP contribution >= 0.6 is 0 Å². The fourth-order valence-electron chi connectivity index (χ4n) is 8.30. The van der Waals surface area contributed by atoms with E-state index < -0.39 is 30.0 Å². The molecule has 2 bridgehead atoms. The molecule has 0 aliphatic carbocycles. The SMILES string of the molecule is CCC1OC(=O)C(C)C(O[C@H]2CC(C)CC(C)O2)C(C)C[C@]2(C)CC(C)=C(O2)[C@H](C)[C@@H](O)[C@H]1C.CCN(C)C1CC(C)OC(O)[C@@H]1O. The highest BCUT2D eigenvalue weighted by molar-refractivity contribution is 5.73. The van der Waals surface area contributed by atoms with Crippen molar-refractivity contribution in [2.24, 2.45) is 29.6 Å². The van der Waals surface area contributed by atoms with Gasteiger partial charge < -0.3 is 43.9 Å². The molecule has 4 rings (SSSR count). The van der Waals surface area contributed by atoms with E-state index in [1.807, 2.05) is 53.5 Å². The van der Waals surface area contributed by atoms with E-state index in [0.29, 0.717) is 12.3 Å². The highest BCUT2D eigenvalue weighted by atomic mass is 16.7. The highest BCUT2D eigenvalue weighted by Gasteiger charge is 2.45. The third-order valence-electron chi connectivity index (χ3n) is 11.0. The molecular weight excluding hydrogens is 602 g/mol. The van der Waals surface area contributed by atoms with Gasteiger partial charge in [0.2, 0.25) is 0 Å². The number of rotatable bonds is 5. The Labute approximate surface area is 284 Å². The van der Waals surface area contributed by atoms with Crippen LogP contribution in [0.25, 0.3) is 0 Å². The molecular formula is C37H67NO9. The monoisotopic (exact) mass is 669 g/mol. The molecule has 10 nitrogen and oxygen atoms in total. The molecule has 3 N–H and O–H groups in total. The lowest BCUT2D eigenvalue weighted by Gasteiger charge is -2.40. The van der Waals surface area contributed by atoms with Crippen molar-refractivity contribution in [3.05, 3.63) is 11.3 Å². The van der Waals surface area contributed by atoms with Gasteiger partial charge in [-0.2, -0.15) is 0 Å². The first kappa shape index (κ1) is 40.2. The van der Waals surface area contributed by atoms with Crippen LogP contribution in [-0.4, -0.2) is 101 Å². The van der Waals surface area contributed by atoms with E-state index in [2.05, 4.69) is 34.6 Å². The van der Waals surface area contributed by atoms with E-state index in [1.54, 1.807) is 0 Å². The van der Waals surface area contributed by atoms with Gasteiger partial charge in [0, 0.05) is 30.7 Å². The predicted octanol–water partition coefficient (Wildman–Crippen LogP) is 5.41. The van der Waals surface area contributed by atoms with E-state index in [-0.39, 0.29) is 60.5 Å². The van der Waals surface area contributed by atoms with Crippen LogP contribution in [0.5, 0.6) is 0 Å². The first-order valence-corrected chi connectivity index (χ1v) is 18.2. The number of aliphatic hydroxyl groups excluding tert-OH is 3. The highest BCUT2D eigenvalue weighted by Crippen LogP contribution is 2.44. The Kier molecular flexibility index (Phi) is 14.6. The Morgan fingerprint density at radius 1 is 0.915 bits per heavy atom. The lowest BCUT2D eigenvalue weighted by molar-refractivity contribution is -0.239. The molecule has 3 fully saturated rings. The van der Waals surface area contributed by atoms with Gasteiger partial charge >= 0.3 is 5.97 Å². The molecule has 0 amide bonds. The molecule has 274 valence electrons. The minimum Gasteiger partial charge on any atom is -0.491 e. The van der Waals surface area contributed by atoms with E-state index in [1.165, 1.54) is 5.57 Å². The number of likely N-dealkylation sites (N-methyl/N-ethyl adjacent to an activating group) is 1. The van der Waals surface area contributed by atoms with Gasteiger partial charge in [-0.15, -0.1) is 0 Å². The summed E-state index contributed by atoms with van der Waals surface area (Å²) in [5, 5.41) is 30.2. The molecule has 0 saturated carbocycles. The van der Waals surface area contributed by atoms with Crippen LogP contribution in [0.2, 0.25) is 0 Å². The lowest BCUT2D eigenvalue weighted by Crippen LogP contribution is -2.54. The summed E-state index contributed by atoms with van der Waals surface area (Å²) in [5.74, 6) is 0.350. The van der Waals surface area contributed by atoms with Crippen LogP contribution in [-0.2, 0) is 28.5 Å². The summed E-state index contributed by atoms with van der Waals surface area (Å²) in [6.45, 7) is 23.4. The third kappa shape index (κ3) is 10.1. The second-order valence-corrected chi connectivity index (χ2v) is 15.6. The molecule has 0 radical (unpaired) electrons. The summed E-state index contributed by atoms with van der Waals surface area (Å²) in [4.78, 5) is 15.4. The van der Waals surface area contributed by atoms with Crippen LogP contribution in [0.4, 0.5) is 0 Å². The van der Waals surface area contributed by atoms with Gasteiger partial charge in [0.1, 0.15) is 23.6 Å². The summed E-state index contributed by atoms with van der Waals surface area (Å²) >= 11 is 0. The van der Waals surface area contributed by atoms with E-state index >= 15 is 0 Å². The standard InChI is InChI=1S/C28H48O6.C9H19NO3/c1-10-22-19(6)24(29)20(7)26-17(4)14-28(9,34-26)13-16(3)25(21(8)27(30)32-22)33-23-12-15(2)11-18(5)31-23;1-4-10(3)7-5-6(2)13-9(12)8(7)11/h15-16,18-25,29H,10-14H2,1-9H3;6-9,11-12H,4-5H2,1-3H3/t15?,16?,18?,19-,20+,21?,22?,23-,24-,25?,28+;6?,7?,8-,9?/m01/s1. The van der Waals surface area contributed by atoms with Gasteiger partial charge in [-0.3, -0.25) is 4.79 Å². The summed E-state index contributed by atoms with van der Waals surface area (Å²) in [5.41, 5.74) is 0.798. The Balaban J connectivity index is 0.000000386.